The molecular formula is C25H19NO4. The molecule has 1 heterocycles. The number of aryl methyl sites for hydroxylation is 1. The smallest absolute Gasteiger partial charge is 0.344 e. The van der Waals surface area contributed by atoms with Crippen molar-refractivity contribution < 1.29 is 14.0 Å². The van der Waals surface area contributed by atoms with Gasteiger partial charge in [0.1, 0.15) is 0 Å². The number of ketones is 1. The summed E-state index contributed by atoms with van der Waals surface area (Å²) in [6.45, 7) is 3.45. The molecule has 0 unspecified atom stereocenters. The number of nitrogens with one attached hydrogen (secondary N) is 1. The van der Waals surface area contributed by atoms with E-state index in [0.29, 0.717) is 27.6 Å². The number of fused-ring (bicyclic) bond motifs is 1. The lowest BCUT2D eigenvalue weighted by atomic mass is 9.97. The van der Waals surface area contributed by atoms with Crippen LogP contribution in [0.25, 0.3) is 21.9 Å². The summed E-state index contributed by atoms with van der Waals surface area (Å²) in [5.74, 6) is -0.655. The molecule has 5 heteroatoms. The van der Waals surface area contributed by atoms with Crippen LogP contribution in [0.15, 0.2) is 82.0 Å². The van der Waals surface area contributed by atoms with Gasteiger partial charge in [-0.05, 0) is 49.7 Å². The van der Waals surface area contributed by atoms with Gasteiger partial charge in [0.15, 0.2) is 5.78 Å². The first kappa shape index (κ1) is 19.3. The number of amides is 1. The third-order valence-electron chi connectivity index (χ3n) is 4.93. The fourth-order valence-corrected chi connectivity index (χ4v) is 3.34. The standard InChI is InChI=1S/C25H19NO4/c1-15-7-9-18(10-8-15)22-20-5-3-4-6-21(20)25(29)30-23(22)24(28)26-19-13-11-17(12-14-19)16(2)27/h3-14H,1-2H3,(H,26,28). The van der Waals surface area contributed by atoms with E-state index in [4.69, 9.17) is 4.42 Å². The summed E-state index contributed by atoms with van der Waals surface area (Å²) in [5.41, 5.74) is 2.89. The van der Waals surface area contributed by atoms with Crippen molar-refractivity contribution in [3.8, 4) is 11.1 Å². The minimum atomic E-state index is -0.571. The first-order valence-electron chi connectivity index (χ1n) is 9.49. The predicted octanol–water partition coefficient (Wildman–Crippen LogP) is 5.22. The maximum absolute atomic E-state index is 13.1. The number of benzene rings is 3. The van der Waals surface area contributed by atoms with Gasteiger partial charge in [0.2, 0.25) is 5.76 Å². The molecule has 0 spiro atoms. The van der Waals surface area contributed by atoms with Gasteiger partial charge in [0, 0.05) is 22.2 Å². The molecule has 1 aromatic heterocycles. The Morgan fingerprint density at radius 3 is 2.10 bits per heavy atom. The molecule has 30 heavy (non-hydrogen) atoms. The summed E-state index contributed by atoms with van der Waals surface area (Å²) in [6.07, 6.45) is 0. The maximum atomic E-state index is 13.1. The van der Waals surface area contributed by atoms with Gasteiger partial charge in [-0.25, -0.2) is 4.79 Å². The van der Waals surface area contributed by atoms with E-state index in [-0.39, 0.29) is 11.5 Å². The molecule has 0 aliphatic rings. The largest absolute Gasteiger partial charge is 0.416 e. The summed E-state index contributed by atoms with van der Waals surface area (Å²) in [5, 5.41) is 3.82. The molecule has 0 atom stereocenters. The quantitative estimate of drug-likeness (QED) is 0.479. The van der Waals surface area contributed by atoms with Crippen molar-refractivity contribution >= 4 is 28.2 Å². The van der Waals surface area contributed by atoms with Crippen LogP contribution in [0, 0.1) is 6.92 Å². The maximum Gasteiger partial charge on any atom is 0.344 e. The van der Waals surface area contributed by atoms with Crippen molar-refractivity contribution in [2.24, 2.45) is 0 Å². The second kappa shape index (κ2) is 7.79. The molecule has 148 valence electrons. The lowest BCUT2D eigenvalue weighted by Gasteiger charge is -2.12. The summed E-state index contributed by atoms with van der Waals surface area (Å²) in [4.78, 5) is 37.1. The molecule has 5 nitrogen and oxygen atoms in total. The number of anilines is 1. The Morgan fingerprint density at radius 2 is 1.47 bits per heavy atom. The third kappa shape index (κ3) is 3.65. The van der Waals surface area contributed by atoms with Gasteiger partial charge in [-0.15, -0.1) is 0 Å². The average molecular weight is 397 g/mol. The van der Waals surface area contributed by atoms with Gasteiger partial charge in [-0.3, -0.25) is 9.59 Å². The van der Waals surface area contributed by atoms with Crippen LogP contribution in [0.3, 0.4) is 0 Å². The fraction of sp³-hybridized carbons (Fsp3) is 0.0800. The zero-order valence-corrected chi connectivity index (χ0v) is 16.6. The third-order valence-corrected chi connectivity index (χ3v) is 4.93. The van der Waals surface area contributed by atoms with Crippen LogP contribution < -0.4 is 10.9 Å². The number of carbonyl (C=O) groups excluding carboxylic acids is 2. The molecule has 0 aliphatic carbocycles. The Kier molecular flexibility index (Phi) is 5.02. The summed E-state index contributed by atoms with van der Waals surface area (Å²) < 4.78 is 5.48. The topological polar surface area (TPSA) is 76.4 Å². The average Bonchev–Trinajstić information content (AvgIpc) is 2.75. The number of hydrogen-bond acceptors (Lipinski definition) is 4. The minimum Gasteiger partial charge on any atom is -0.416 e. The Balaban J connectivity index is 1.84. The van der Waals surface area contributed by atoms with E-state index in [2.05, 4.69) is 5.32 Å². The fourth-order valence-electron chi connectivity index (χ4n) is 3.34. The molecule has 4 rings (SSSR count). The van der Waals surface area contributed by atoms with Crippen LogP contribution >= 0.6 is 0 Å². The van der Waals surface area contributed by atoms with E-state index in [0.717, 1.165) is 11.1 Å². The molecule has 4 aromatic rings. The van der Waals surface area contributed by atoms with Crippen molar-refractivity contribution in [1.29, 1.82) is 0 Å². The molecule has 1 amide bonds. The lowest BCUT2D eigenvalue weighted by Crippen LogP contribution is -2.17. The molecular weight excluding hydrogens is 378 g/mol. The van der Waals surface area contributed by atoms with E-state index in [1.807, 2.05) is 37.3 Å². The first-order chi connectivity index (χ1) is 14.4. The van der Waals surface area contributed by atoms with Gasteiger partial charge in [0.25, 0.3) is 5.91 Å². The highest BCUT2D eigenvalue weighted by Gasteiger charge is 2.21. The lowest BCUT2D eigenvalue weighted by molar-refractivity contribution is 0.0992. The van der Waals surface area contributed by atoms with Gasteiger partial charge >= 0.3 is 5.63 Å². The zero-order valence-electron chi connectivity index (χ0n) is 16.6. The number of Topliss-reactive ketones (excluding diaryl/α,β-unsaturated/α-hetero) is 1. The SMILES string of the molecule is CC(=O)c1ccc(NC(=O)c2oc(=O)c3ccccc3c2-c2ccc(C)cc2)cc1. The van der Waals surface area contributed by atoms with Crippen LogP contribution in [0.4, 0.5) is 5.69 Å². The molecule has 0 saturated heterocycles. The predicted molar refractivity (Wildman–Crippen MR) is 117 cm³/mol. The van der Waals surface area contributed by atoms with Gasteiger partial charge in [-0.1, -0.05) is 48.0 Å². The Bertz CT molecular complexity index is 1320. The first-order valence-corrected chi connectivity index (χ1v) is 9.49. The van der Waals surface area contributed by atoms with Gasteiger partial charge in [0.05, 0.1) is 5.39 Å². The second-order valence-corrected chi connectivity index (χ2v) is 7.09. The highest BCUT2D eigenvalue weighted by atomic mass is 16.4. The highest BCUT2D eigenvalue weighted by Crippen LogP contribution is 2.31. The van der Waals surface area contributed by atoms with E-state index in [9.17, 15) is 14.4 Å². The second-order valence-electron chi connectivity index (χ2n) is 7.09. The van der Waals surface area contributed by atoms with Gasteiger partial charge < -0.3 is 9.73 Å². The Labute approximate surface area is 173 Å². The normalized spacial score (nSPS) is 10.7. The minimum absolute atomic E-state index is 0.0572. The molecule has 1 N–H and O–H groups in total. The van der Waals surface area contributed by atoms with E-state index >= 15 is 0 Å². The molecule has 0 saturated carbocycles. The van der Waals surface area contributed by atoms with E-state index in [1.54, 1.807) is 42.5 Å². The van der Waals surface area contributed by atoms with Crippen LogP contribution in [0.1, 0.15) is 33.4 Å². The number of rotatable bonds is 4. The van der Waals surface area contributed by atoms with Crippen molar-refractivity contribution in [3.05, 3.63) is 100 Å². The number of hydrogen-bond donors (Lipinski definition) is 1. The van der Waals surface area contributed by atoms with E-state index in [1.165, 1.54) is 6.92 Å². The molecule has 0 bridgehead atoms. The van der Waals surface area contributed by atoms with Crippen molar-refractivity contribution in [2.45, 2.75) is 13.8 Å². The summed E-state index contributed by atoms with van der Waals surface area (Å²) >= 11 is 0. The molecule has 0 aliphatic heterocycles. The number of carbonyl (C=O) groups is 2. The Hall–Kier alpha value is -3.99. The Morgan fingerprint density at radius 1 is 0.833 bits per heavy atom. The summed E-state index contributed by atoms with van der Waals surface area (Å²) in [6, 6.07) is 21.3. The monoisotopic (exact) mass is 397 g/mol. The van der Waals surface area contributed by atoms with Crippen LogP contribution in [-0.2, 0) is 0 Å². The van der Waals surface area contributed by atoms with Crippen molar-refractivity contribution in [3.63, 3.8) is 0 Å². The highest BCUT2D eigenvalue weighted by molar-refractivity contribution is 6.12. The van der Waals surface area contributed by atoms with Crippen molar-refractivity contribution in [1.82, 2.24) is 0 Å². The molecule has 0 radical (unpaired) electrons. The van der Waals surface area contributed by atoms with Crippen molar-refractivity contribution in [2.75, 3.05) is 5.32 Å². The van der Waals surface area contributed by atoms with E-state index < -0.39 is 11.5 Å². The van der Waals surface area contributed by atoms with Gasteiger partial charge in [-0.2, -0.15) is 0 Å². The zero-order chi connectivity index (χ0) is 21.3. The van der Waals surface area contributed by atoms with Crippen LogP contribution in [-0.4, -0.2) is 11.7 Å². The molecule has 3 aromatic carbocycles. The van der Waals surface area contributed by atoms with Crippen LogP contribution in [0.2, 0.25) is 0 Å². The summed E-state index contributed by atoms with van der Waals surface area (Å²) in [7, 11) is 0. The molecule has 0 fully saturated rings. The van der Waals surface area contributed by atoms with Crippen LogP contribution in [0.5, 0.6) is 0 Å².